The first-order chi connectivity index (χ1) is 13.6. The van der Waals surface area contributed by atoms with Gasteiger partial charge in [-0.3, -0.25) is 0 Å². The van der Waals surface area contributed by atoms with Gasteiger partial charge < -0.3 is 20.6 Å². The number of benzene rings is 1. The summed E-state index contributed by atoms with van der Waals surface area (Å²) in [5.74, 6) is -2.16. The van der Waals surface area contributed by atoms with Crippen LogP contribution in [0.15, 0.2) is 24.3 Å². The number of nitrogens with one attached hydrogen (secondary N) is 2. The number of hydrogen-bond acceptors (Lipinski definition) is 3. The van der Waals surface area contributed by atoms with E-state index in [4.69, 9.17) is 21.5 Å². The van der Waals surface area contributed by atoms with E-state index in [9.17, 15) is 18.0 Å². The molecule has 10 heteroatoms. The number of amides is 2. The highest BCUT2D eigenvalue weighted by Crippen LogP contribution is 2.29. The molecule has 3 atom stereocenters. The molecule has 3 N–H and O–H groups in total. The number of carbonyl (C=O) groups is 2. The zero-order chi connectivity index (χ0) is 21.6. The SMILES string of the molecule is CCN(Cc1ccc(Cl)cc1)C(=O)NC1CCC2CC1CN2.O=C(O)C(F)(F)F. The molecule has 2 amide bonds. The lowest BCUT2D eigenvalue weighted by Gasteiger charge is -2.31. The van der Waals surface area contributed by atoms with E-state index in [1.54, 1.807) is 0 Å². The van der Waals surface area contributed by atoms with Gasteiger partial charge in [0.05, 0.1) is 0 Å². The molecule has 1 aromatic rings. The van der Waals surface area contributed by atoms with Crippen LogP contribution in [0, 0.1) is 5.92 Å². The molecule has 2 aliphatic rings. The Morgan fingerprint density at radius 2 is 1.90 bits per heavy atom. The second kappa shape index (κ2) is 10.2. The van der Waals surface area contributed by atoms with E-state index < -0.39 is 12.1 Å². The van der Waals surface area contributed by atoms with E-state index >= 15 is 0 Å². The summed E-state index contributed by atoms with van der Waals surface area (Å²) >= 11 is 5.91. The van der Waals surface area contributed by atoms with Crippen LogP contribution in [-0.2, 0) is 11.3 Å². The monoisotopic (exact) mass is 435 g/mol. The van der Waals surface area contributed by atoms with Crippen molar-refractivity contribution in [3.05, 3.63) is 34.9 Å². The van der Waals surface area contributed by atoms with Crippen molar-refractivity contribution < 1.29 is 27.9 Å². The number of carboxylic acids is 1. The molecule has 3 unspecified atom stereocenters. The molecule has 3 rings (SSSR count). The van der Waals surface area contributed by atoms with Gasteiger partial charge in [0.1, 0.15) is 0 Å². The minimum absolute atomic E-state index is 0.0489. The van der Waals surface area contributed by atoms with E-state index in [2.05, 4.69) is 10.6 Å². The zero-order valence-electron chi connectivity index (χ0n) is 16.0. The molecule has 1 aliphatic heterocycles. The lowest BCUT2D eigenvalue weighted by atomic mass is 9.86. The number of hydrogen-bond donors (Lipinski definition) is 3. The van der Waals surface area contributed by atoms with Gasteiger partial charge in [0.2, 0.25) is 0 Å². The smallest absolute Gasteiger partial charge is 0.475 e. The predicted octanol–water partition coefficient (Wildman–Crippen LogP) is 3.65. The maximum atomic E-state index is 12.6. The van der Waals surface area contributed by atoms with Gasteiger partial charge in [0.15, 0.2) is 0 Å². The first-order valence-electron chi connectivity index (χ1n) is 9.43. The average Bonchev–Trinajstić information content (AvgIpc) is 3.05. The van der Waals surface area contributed by atoms with E-state index in [1.165, 1.54) is 12.8 Å². The van der Waals surface area contributed by atoms with Crippen molar-refractivity contribution in [2.24, 2.45) is 5.92 Å². The van der Waals surface area contributed by atoms with Crippen molar-refractivity contribution >= 4 is 23.6 Å². The number of urea groups is 1. The minimum atomic E-state index is -5.08. The Kier molecular flexibility index (Phi) is 8.15. The van der Waals surface area contributed by atoms with Crippen molar-refractivity contribution in [1.29, 1.82) is 0 Å². The third-order valence-electron chi connectivity index (χ3n) is 5.16. The number of rotatable bonds is 4. The van der Waals surface area contributed by atoms with Gasteiger partial charge in [-0.1, -0.05) is 23.7 Å². The molecular weight excluding hydrogens is 411 g/mol. The summed E-state index contributed by atoms with van der Waals surface area (Å²) in [5, 5.41) is 14.6. The number of fused-ring (bicyclic) bond motifs is 2. The minimum Gasteiger partial charge on any atom is -0.475 e. The highest BCUT2D eigenvalue weighted by Gasteiger charge is 2.38. The van der Waals surface area contributed by atoms with Crippen molar-refractivity contribution in [3.63, 3.8) is 0 Å². The average molecular weight is 436 g/mol. The van der Waals surface area contributed by atoms with Gasteiger partial charge in [-0.25, -0.2) is 9.59 Å². The largest absolute Gasteiger partial charge is 0.490 e. The number of nitrogens with zero attached hydrogens (tertiary/aromatic N) is 1. The summed E-state index contributed by atoms with van der Waals surface area (Å²) in [6.45, 7) is 4.38. The molecule has 1 saturated heterocycles. The molecule has 0 radical (unpaired) electrons. The Bertz CT molecular complexity index is 700. The Balaban J connectivity index is 0.000000370. The van der Waals surface area contributed by atoms with Crippen LogP contribution in [0.25, 0.3) is 0 Å². The molecule has 0 spiro atoms. The van der Waals surface area contributed by atoms with Gasteiger partial charge in [0, 0.05) is 36.7 Å². The van der Waals surface area contributed by atoms with Crippen LogP contribution in [0.5, 0.6) is 0 Å². The molecule has 6 nitrogen and oxygen atoms in total. The third-order valence-corrected chi connectivity index (χ3v) is 5.41. The molecule has 1 saturated carbocycles. The van der Waals surface area contributed by atoms with Crippen molar-refractivity contribution in [3.8, 4) is 0 Å². The quantitative estimate of drug-likeness (QED) is 0.674. The second-order valence-electron chi connectivity index (χ2n) is 7.18. The standard InChI is InChI=1S/C17H24ClN3O.C2HF3O2/c1-2-21(11-12-3-5-14(18)6-4-12)17(22)20-16-8-7-15-9-13(16)10-19-15;3-2(4,5)1(6)7/h3-6,13,15-16,19H,2,7-11H2,1H3,(H,20,22);(H,6,7). The molecule has 162 valence electrons. The van der Waals surface area contributed by atoms with Crippen LogP contribution in [0.2, 0.25) is 5.02 Å². The van der Waals surface area contributed by atoms with Crippen LogP contribution < -0.4 is 10.6 Å². The fourth-order valence-corrected chi connectivity index (χ4v) is 3.70. The number of carboxylic acid groups (broad SMARTS) is 1. The third kappa shape index (κ3) is 7.08. The highest BCUT2D eigenvalue weighted by atomic mass is 35.5. The zero-order valence-corrected chi connectivity index (χ0v) is 16.8. The molecule has 0 aromatic heterocycles. The van der Waals surface area contributed by atoms with Gasteiger partial charge in [-0.15, -0.1) is 0 Å². The topological polar surface area (TPSA) is 81.7 Å². The van der Waals surface area contributed by atoms with Gasteiger partial charge in [-0.05, 0) is 49.8 Å². The molecule has 1 aliphatic carbocycles. The van der Waals surface area contributed by atoms with Gasteiger partial charge in [0.25, 0.3) is 0 Å². The number of carbonyl (C=O) groups excluding carboxylic acids is 1. The fourth-order valence-electron chi connectivity index (χ4n) is 3.57. The highest BCUT2D eigenvalue weighted by molar-refractivity contribution is 6.30. The predicted molar refractivity (Wildman–Crippen MR) is 103 cm³/mol. The summed E-state index contributed by atoms with van der Waals surface area (Å²) in [6.07, 6.45) is -1.62. The lowest BCUT2D eigenvalue weighted by molar-refractivity contribution is -0.192. The van der Waals surface area contributed by atoms with E-state index in [0.29, 0.717) is 31.1 Å². The Labute approximate surface area is 172 Å². The Hall–Kier alpha value is -2.00. The molecule has 2 bridgehead atoms. The molecule has 1 heterocycles. The van der Waals surface area contributed by atoms with Crippen LogP contribution in [-0.4, -0.2) is 53.4 Å². The van der Waals surface area contributed by atoms with Crippen molar-refractivity contribution in [1.82, 2.24) is 15.5 Å². The summed E-state index contributed by atoms with van der Waals surface area (Å²) in [6, 6.07) is 8.73. The molecule has 29 heavy (non-hydrogen) atoms. The molecule has 2 fully saturated rings. The summed E-state index contributed by atoms with van der Waals surface area (Å²) in [4.78, 5) is 23.3. The van der Waals surface area contributed by atoms with E-state index in [1.807, 2.05) is 36.1 Å². The summed E-state index contributed by atoms with van der Waals surface area (Å²) in [5.41, 5.74) is 1.10. The van der Waals surface area contributed by atoms with Crippen molar-refractivity contribution in [2.75, 3.05) is 13.1 Å². The Morgan fingerprint density at radius 3 is 2.45 bits per heavy atom. The lowest BCUT2D eigenvalue weighted by Crippen LogP contribution is -2.48. The number of alkyl halides is 3. The van der Waals surface area contributed by atoms with Gasteiger partial charge >= 0.3 is 18.2 Å². The van der Waals surface area contributed by atoms with Crippen LogP contribution in [0.4, 0.5) is 18.0 Å². The maximum absolute atomic E-state index is 12.6. The maximum Gasteiger partial charge on any atom is 0.490 e. The number of halogens is 4. The molecule has 1 aromatic carbocycles. The normalized spacial score (nSPS) is 23.0. The van der Waals surface area contributed by atoms with Crippen LogP contribution >= 0.6 is 11.6 Å². The first-order valence-corrected chi connectivity index (χ1v) is 9.81. The van der Waals surface area contributed by atoms with E-state index in [-0.39, 0.29) is 6.03 Å². The van der Waals surface area contributed by atoms with E-state index in [0.717, 1.165) is 23.6 Å². The van der Waals surface area contributed by atoms with Crippen LogP contribution in [0.1, 0.15) is 31.7 Å². The second-order valence-corrected chi connectivity index (χ2v) is 7.61. The van der Waals surface area contributed by atoms with Gasteiger partial charge in [-0.2, -0.15) is 13.2 Å². The number of aliphatic carboxylic acids is 1. The Morgan fingerprint density at radius 1 is 1.28 bits per heavy atom. The fraction of sp³-hybridized carbons (Fsp3) is 0.579. The first kappa shape index (κ1) is 23.3. The summed E-state index contributed by atoms with van der Waals surface area (Å²) in [7, 11) is 0. The van der Waals surface area contributed by atoms with Crippen molar-refractivity contribution in [2.45, 2.75) is 51.0 Å². The van der Waals surface area contributed by atoms with Crippen LogP contribution in [0.3, 0.4) is 0 Å². The molecular formula is C19H25ClF3N3O3. The summed E-state index contributed by atoms with van der Waals surface area (Å²) < 4.78 is 31.7.